The van der Waals surface area contributed by atoms with Gasteiger partial charge in [0.15, 0.2) is 5.78 Å². The van der Waals surface area contributed by atoms with E-state index in [4.69, 9.17) is 0 Å². The molecule has 2 rings (SSSR count). The minimum atomic E-state index is -1.06. The van der Waals surface area contributed by atoms with E-state index < -0.39 is 41.0 Å². The molecule has 1 nitrogen and oxygen atoms in total. The summed E-state index contributed by atoms with van der Waals surface area (Å²) in [5.41, 5.74) is -1.02. The number of carbonyl (C=O) groups is 1. The molecule has 2 aromatic rings. The second-order valence-corrected chi connectivity index (χ2v) is 5.00. The van der Waals surface area contributed by atoms with Crippen molar-refractivity contribution in [3.63, 3.8) is 0 Å². The summed E-state index contributed by atoms with van der Waals surface area (Å²) in [6.07, 6.45) is -0.626. The molecule has 0 aliphatic heterocycles. The number of ketones is 1. The topological polar surface area (TPSA) is 17.1 Å². The van der Waals surface area contributed by atoms with Crippen molar-refractivity contribution in [1.29, 1.82) is 0 Å². The molecule has 0 amide bonds. The molecule has 0 saturated heterocycles. The molecule has 0 aromatic heterocycles. The maximum absolute atomic E-state index is 13.6. The van der Waals surface area contributed by atoms with Crippen molar-refractivity contribution in [2.45, 2.75) is 6.42 Å². The SMILES string of the molecule is O=C(Cc1cc(F)ccc1F)c1c(F)cc(Br)cc1F. The first kappa shape index (κ1) is 14.7. The Morgan fingerprint density at radius 1 is 0.950 bits per heavy atom. The van der Waals surface area contributed by atoms with Crippen molar-refractivity contribution in [1.82, 2.24) is 0 Å². The van der Waals surface area contributed by atoms with Gasteiger partial charge >= 0.3 is 0 Å². The monoisotopic (exact) mass is 346 g/mol. The lowest BCUT2D eigenvalue weighted by molar-refractivity contribution is 0.0983. The van der Waals surface area contributed by atoms with Gasteiger partial charge in [-0.15, -0.1) is 0 Å². The molecule has 0 aliphatic rings. The van der Waals surface area contributed by atoms with Crippen LogP contribution in [0.4, 0.5) is 17.6 Å². The number of carbonyl (C=O) groups excluding carboxylic acids is 1. The van der Waals surface area contributed by atoms with E-state index >= 15 is 0 Å². The van der Waals surface area contributed by atoms with Crippen LogP contribution in [0.5, 0.6) is 0 Å². The zero-order valence-electron chi connectivity index (χ0n) is 9.89. The van der Waals surface area contributed by atoms with Crippen molar-refractivity contribution < 1.29 is 22.4 Å². The van der Waals surface area contributed by atoms with Crippen LogP contribution in [0, 0.1) is 23.3 Å². The summed E-state index contributed by atoms with van der Waals surface area (Å²) < 4.78 is 53.7. The molecule has 20 heavy (non-hydrogen) atoms. The third-order valence-electron chi connectivity index (χ3n) is 2.64. The number of benzene rings is 2. The molecular formula is C14H7BrF4O. The predicted molar refractivity (Wildman–Crippen MR) is 68.5 cm³/mol. The third-order valence-corrected chi connectivity index (χ3v) is 3.10. The fourth-order valence-electron chi connectivity index (χ4n) is 1.75. The summed E-state index contributed by atoms with van der Waals surface area (Å²) in [6, 6.07) is 4.43. The van der Waals surface area contributed by atoms with Gasteiger partial charge in [0, 0.05) is 10.9 Å². The van der Waals surface area contributed by atoms with Crippen LogP contribution < -0.4 is 0 Å². The van der Waals surface area contributed by atoms with E-state index in [1.807, 2.05) is 0 Å². The van der Waals surface area contributed by atoms with Crippen LogP contribution in [0.3, 0.4) is 0 Å². The van der Waals surface area contributed by atoms with E-state index in [9.17, 15) is 22.4 Å². The van der Waals surface area contributed by atoms with Gasteiger partial charge in [-0.25, -0.2) is 17.6 Å². The average molecular weight is 347 g/mol. The fraction of sp³-hybridized carbons (Fsp3) is 0.0714. The second-order valence-electron chi connectivity index (χ2n) is 4.08. The van der Waals surface area contributed by atoms with Gasteiger partial charge in [0.25, 0.3) is 0 Å². The van der Waals surface area contributed by atoms with E-state index in [0.717, 1.165) is 30.3 Å². The molecule has 0 saturated carbocycles. The molecule has 0 fully saturated rings. The first-order valence-electron chi connectivity index (χ1n) is 5.50. The smallest absolute Gasteiger partial charge is 0.173 e. The summed E-state index contributed by atoms with van der Waals surface area (Å²) in [7, 11) is 0. The van der Waals surface area contributed by atoms with Crippen LogP contribution in [0.2, 0.25) is 0 Å². The molecule has 6 heteroatoms. The van der Waals surface area contributed by atoms with Crippen LogP contribution in [0.1, 0.15) is 15.9 Å². The Morgan fingerprint density at radius 3 is 2.15 bits per heavy atom. The molecule has 0 atom stereocenters. The van der Waals surface area contributed by atoms with E-state index in [2.05, 4.69) is 15.9 Å². The summed E-state index contributed by atoms with van der Waals surface area (Å²) in [6.45, 7) is 0. The maximum atomic E-state index is 13.6. The summed E-state index contributed by atoms with van der Waals surface area (Å²) in [4.78, 5) is 11.8. The normalized spacial score (nSPS) is 10.7. The highest BCUT2D eigenvalue weighted by molar-refractivity contribution is 9.10. The van der Waals surface area contributed by atoms with Gasteiger partial charge < -0.3 is 0 Å². The Bertz CT molecular complexity index is 662. The number of Topliss-reactive ketones (excluding diaryl/α,β-unsaturated/α-hetero) is 1. The average Bonchev–Trinajstić information content (AvgIpc) is 2.32. The quantitative estimate of drug-likeness (QED) is 0.593. The van der Waals surface area contributed by atoms with Crippen molar-refractivity contribution in [3.8, 4) is 0 Å². The number of rotatable bonds is 3. The Morgan fingerprint density at radius 2 is 1.55 bits per heavy atom. The number of hydrogen-bond donors (Lipinski definition) is 0. The molecule has 0 unspecified atom stereocenters. The minimum absolute atomic E-state index is 0.140. The molecule has 0 radical (unpaired) electrons. The Labute approximate surface area is 120 Å². The molecule has 0 bridgehead atoms. The van der Waals surface area contributed by atoms with Crippen molar-refractivity contribution in [3.05, 3.63) is 69.2 Å². The minimum Gasteiger partial charge on any atom is -0.294 e. The van der Waals surface area contributed by atoms with E-state index in [1.54, 1.807) is 0 Å². The zero-order chi connectivity index (χ0) is 14.9. The highest BCUT2D eigenvalue weighted by Gasteiger charge is 2.20. The molecule has 2 aromatic carbocycles. The molecule has 0 heterocycles. The van der Waals surface area contributed by atoms with Crippen molar-refractivity contribution in [2.24, 2.45) is 0 Å². The number of halogens is 5. The van der Waals surface area contributed by atoms with Crippen LogP contribution in [-0.2, 0) is 6.42 Å². The van der Waals surface area contributed by atoms with Crippen LogP contribution in [0.15, 0.2) is 34.8 Å². The first-order chi connectivity index (χ1) is 9.38. The van der Waals surface area contributed by atoms with Gasteiger partial charge in [-0.2, -0.15) is 0 Å². The molecule has 0 spiro atoms. The van der Waals surface area contributed by atoms with Gasteiger partial charge in [-0.05, 0) is 35.9 Å². The Hall–Kier alpha value is -1.69. The summed E-state index contributed by atoms with van der Waals surface area (Å²) >= 11 is 2.88. The Balaban J connectivity index is 2.36. The highest BCUT2D eigenvalue weighted by Crippen LogP contribution is 2.22. The predicted octanol–water partition coefficient (Wildman–Crippen LogP) is 4.43. The third kappa shape index (κ3) is 3.07. The van der Waals surface area contributed by atoms with E-state index in [0.29, 0.717) is 0 Å². The van der Waals surface area contributed by atoms with E-state index in [-0.39, 0.29) is 10.0 Å². The molecule has 0 N–H and O–H groups in total. The van der Waals surface area contributed by atoms with Crippen molar-refractivity contribution >= 4 is 21.7 Å². The van der Waals surface area contributed by atoms with Crippen molar-refractivity contribution in [2.75, 3.05) is 0 Å². The lowest BCUT2D eigenvalue weighted by atomic mass is 10.0. The van der Waals surface area contributed by atoms with Gasteiger partial charge in [0.1, 0.15) is 23.3 Å². The second kappa shape index (κ2) is 5.75. The fourth-order valence-corrected chi connectivity index (χ4v) is 2.15. The standard InChI is InChI=1S/C14H7BrF4O/c15-8-5-11(18)14(12(19)6-8)13(20)4-7-3-9(16)1-2-10(7)17/h1-3,5-6H,4H2. The number of hydrogen-bond acceptors (Lipinski definition) is 1. The molecular weight excluding hydrogens is 340 g/mol. The van der Waals surface area contributed by atoms with E-state index in [1.165, 1.54) is 0 Å². The maximum Gasteiger partial charge on any atom is 0.173 e. The lowest BCUT2D eigenvalue weighted by Gasteiger charge is -2.06. The highest BCUT2D eigenvalue weighted by atomic mass is 79.9. The lowest BCUT2D eigenvalue weighted by Crippen LogP contribution is -2.10. The molecule has 0 aliphatic carbocycles. The largest absolute Gasteiger partial charge is 0.294 e. The van der Waals surface area contributed by atoms with Crippen LogP contribution in [0.25, 0.3) is 0 Å². The summed E-state index contributed by atoms with van der Waals surface area (Å²) in [5.74, 6) is -4.61. The summed E-state index contributed by atoms with van der Waals surface area (Å²) in [5, 5.41) is 0. The van der Waals surface area contributed by atoms with Gasteiger partial charge in [0.2, 0.25) is 0 Å². The first-order valence-corrected chi connectivity index (χ1v) is 6.29. The van der Waals surface area contributed by atoms with Gasteiger partial charge in [-0.1, -0.05) is 15.9 Å². The molecule has 104 valence electrons. The van der Waals surface area contributed by atoms with Gasteiger partial charge in [-0.3, -0.25) is 4.79 Å². The zero-order valence-corrected chi connectivity index (χ0v) is 11.5. The van der Waals surface area contributed by atoms with Gasteiger partial charge in [0.05, 0.1) is 5.56 Å². The van der Waals surface area contributed by atoms with Crippen LogP contribution >= 0.6 is 15.9 Å². The van der Waals surface area contributed by atoms with Crippen LogP contribution in [-0.4, -0.2) is 5.78 Å². The Kier molecular flexibility index (Phi) is 4.23.